The van der Waals surface area contributed by atoms with Crippen molar-refractivity contribution < 1.29 is 0 Å². The van der Waals surface area contributed by atoms with Crippen molar-refractivity contribution in [2.75, 3.05) is 0 Å². The predicted molar refractivity (Wildman–Crippen MR) is 177 cm³/mol. The number of fused-ring (bicyclic) bond motifs is 9. The number of nitrogens with zero attached hydrogens (tertiary/aromatic N) is 3. The summed E-state index contributed by atoms with van der Waals surface area (Å²) in [5, 5.41) is 15.6. The maximum absolute atomic E-state index is 4.73. The van der Waals surface area contributed by atoms with Gasteiger partial charge in [-0.3, -0.25) is 4.40 Å². The molecule has 3 heterocycles. The van der Waals surface area contributed by atoms with Crippen molar-refractivity contribution in [1.29, 1.82) is 0 Å². The van der Waals surface area contributed by atoms with Crippen LogP contribution in [-0.2, 0) is 0 Å². The molecule has 3 nitrogen and oxygen atoms in total. The van der Waals surface area contributed by atoms with Gasteiger partial charge in [0, 0.05) is 36.5 Å². The van der Waals surface area contributed by atoms with Crippen LogP contribution in [-0.4, -0.2) is 14.6 Å². The van der Waals surface area contributed by atoms with E-state index in [4.69, 9.17) is 10.2 Å². The highest BCUT2D eigenvalue weighted by molar-refractivity contribution is 7.26. The van der Waals surface area contributed by atoms with Gasteiger partial charge in [0.15, 0.2) is 11.5 Å². The minimum absolute atomic E-state index is 0.847. The van der Waals surface area contributed by atoms with Crippen molar-refractivity contribution in [2.24, 2.45) is 0 Å². The lowest BCUT2D eigenvalue weighted by molar-refractivity contribution is 1.12. The van der Waals surface area contributed by atoms with Crippen LogP contribution in [0.15, 0.2) is 140 Å². The molecule has 0 unspecified atom stereocenters. The van der Waals surface area contributed by atoms with Crippen LogP contribution in [0.1, 0.15) is 0 Å². The van der Waals surface area contributed by atoms with Crippen LogP contribution in [0.25, 0.3) is 81.1 Å². The maximum atomic E-state index is 4.73. The number of pyridine rings is 1. The first-order chi connectivity index (χ1) is 20.8. The van der Waals surface area contributed by atoms with Gasteiger partial charge in [0.1, 0.15) is 0 Å². The second-order valence-electron chi connectivity index (χ2n) is 10.7. The molecule has 0 aliphatic rings. The van der Waals surface area contributed by atoms with Gasteiger partial charge in [-0.1, -0.05) is 115 Å². The summed E-state index contributed by atoms with van der Waals surface area (Å²) in [6, 6.07) is 49.8. The normalized spacial score (nSPS) is 11.8. The van der Waals surface area contributed by atoms with Crippen molar-refractivity contribution in [1.82, 2.24) is 14.6 Å². The van der Waals surface area contributed by atoms with Crippen LogP contribution < -0.4 is 0 Å². The van der Waals surface area contributed by atoms with Gasteiger partial charge >= 0.3 is 0 Å². The highest BCUT2D eigenvalue weighted by Gasteiger charge is 2.16. The molecule has 0 spiro atoms. The summed E-state index contributed by atoms with van der Waals surface area (Å²) >= 11 is 1.87. The smallest absolute Gasteiger partial charge is 0.169 e. The molecule has 0 N–H and O–H groups in total. The highest BCUT2D eigenvalue weighted by Crippen LogP contribution is 2.41. The fraction of sp³-hybridized carbons (Fsp3) is 0. The lowest BCUT2D eigenvalue weighted by Gasteiger charge is -2.11. The first kappa shape index (κ1) is 23.4. The molecule has 0 fully saturated rings. The topological polar surface area (TPSA) is 30.2 Å². The Labute approximate surface area is 245 Å². The van der Waals surface area contributed by atoms with Crippen molar-refractivity contribution in [2.45, 2.75) is 0 Å². The monoisotopic (exact) mass is 553 g/mol. The third-order valence-corrected chi connectivity index (χ3v) is 9.52. The molecule has 4 heteroatoms. The first-order valence-corrected chi connectivity index (χ1v) is 14.9. The summed E-state index contributed by atoms with van der Waals surface area (Å²) in [6.07, 6.45) is 0. The standard InChI is InChI=1S/C38H23N3S/c1-2-17-33-29(14-1)30-15-3-5-20-34(30)41-37(39-40-38(33)41)27-13-8-11-25(23-27)24-10-7-12-26(22-24)28-18-9-19-32-31-16-4-6-21-35(31)42-36(28)32/h1-23H. The van der Waals surface area contributed by atoms with E-state index in [1.54, 1.807) is 0 Å². The molecule has 0 saturated carbocycles. The molecule has 0 atom stereocenters. The van der Waals surface area contributed by atoms with E-state index in [0.717, 1.165) is 33.5 Å². The van der Waals surface area contributed by atoms with E-state index in [1.165, 1.54) is 47.6 Å². The number of rotatable bonds is 3. The van der Waals surface area contributed by atoms with E-state index in [1.807, 2.05) is 11.3 Å². The van der Waals surface area contributed by atoms with E-state index in [0.29, 0.717) is 0 Å². The van der Waals surface area contributed by atoms with Gasteiger partial charge in [-0.05, 0) is 51.9 Å². The van der Waals surface area contributed by atoms with Gasteiger partial charge < -0.3 is 0 Å². The van der Waals surface area contributed by atoms with Crippen molar-refractivity contribution in [3.63, 3.8) is 0 Å². The molecule has 0 aliphatic heterocycles. The number of aromatic nitrogens is 3. The number of para-hydroxylation sites is 1. The van der Waals surface area contributed by atoms with E-state index in [9.17, 15) is 0 Å². The summed E-state index contributed by atoms with van der Waals surface area (Å²) < 4.78 is 4.86. The first-order valence-electron chi connectivity index (χ1n) is 14.1. The van der Waals surface area contributed by atoms with Crippen LogP contribution in [0, 0.1) is 0 Å². The van der Waals surface area contributed by atoms with E-state index in [2.05, 4.69) is 144 Å². The molecule has 42 heavy (non-hydrogen) atoms. The van der Waals surface area contributed by atoms with Crippen LogP contribution >= 0.6 is 11.3 Å². The maximum Gasteiger partial charge on any atom is 0.169 e. The molecule has 0 bridgehead atoms. The molecule has 196 valence electrons. The molecule has 6 aromatic carbocycles. The zero-order valence-corrected chi connectivity index (χ0v) is 23.3. The van der Waals surface area contributed by atoms with Gasteiger partial charge in [0.2, 0.25) is 0 Å². The average Bonchev–Trinajstić information content (AvgIpc) is 3.68. The van der Waals surface area contributed by atoms with Crippen molar-refractivity contribution in [3.8, 4) is 33.6 Å². The van der Waals surface area contributed by atoms with Gasteiger partial charge in [-0.2, -0.15) is 0 Å². The van der Waals surface area contributed by atoms with Gasteiger partial charge in [0.05, 0.1) is 5.52 Å². The number of hydrogen-bond acceptors (Lipinski definition) is 3. The SMILES string of the molecule is c1cc(-c2cccc(-c3nnc4c5ccccc5c5ccccc5n34)c2)cc(-c2cccc3c2sc2ccccc23)c1. The van der Waals surface area contributed by atoms with Crippen LogP contribution in [0.3, 0.4) is 0 Å². The highest BCUT2D eigenvalue weighted by atomic mass is 32.1. The molecule has 9 rings (SSSR count). The second-order valence-corrected chi connectivity index (χ2v) is 11.7. The van der Waals surface area contributed by atoms with E-state index < -0.39 is 0 Å². The number of thiophene rings is 1. The van der Waals surface area contributed by atoms with Crippen LogP contribution in [0.5, 0.6) is 0 Å². The van der Waals surface area contributed by atoms with Crippen molar-refractivity contribution in [3.05, 3.63) is 140 Å². The van der Waals surface area contributed by atoms with Gasteiger partial charge in [-0.15, -0.1) is 21.5 Å². The minimum Gasteiger partial charge on any atom is -0.274 e. The Balaban J connectivity index is 1.20. The molecule has 0 aliphatic carbocycles. The lowest BCUT2D eigenvalue weighted by atomic mass is 9.97. The minimum atomic E-state index is 0.847. The molecular formula is C38H23N3S. The summed E-state index contributed by atoms with van der Waals surface area (Å²) in [6.45, 7) is 0. The van der Waals surface area contributed by atoms with Crippen molar-refractivity contribution >= 4 is 58.8 Å². The van der Waals surface area contributed by atoms with Gasteiger partial charge in [0.25, 0.3) is 0 Å². The lowest BCUT2D eigenvalue weighted by Crippen LogP contribution is -1.94. The fourth-order valence-electron chi connectivity index (χ4n) is 6.36. The summed E-state index contributed by atoms with van der Waals surface area (Å²) in [5.41, 5.74) is 7.85. The van der Waals surface area contributed by atoms with E-state index >= 15 is 0 Å². The molecule has 9 aromatic rings. The Kier molecular flexibility index (Phi) is 5.07. The average molecular weight is 554 g/mol. The number of hydrogen-bond donors (Lipinski definition) is 0. The molecule has 3 aromatic heterocycles. The Hall–Kier alpha value is -5.32. The Morgan fingerprint density at radius 2 is 1.07 bits per heavy atom. The number of benzene rings is 6. The van der Waals surface area contributed by atoms with E-state index in [-0.39, 0.29) is 0 Å². The Morgan fingerprint density at radius 3 is 1.93 bits per heavy atom. The largest absolute Gasteiger partial charge is 0.274 e. The van der Waals surface area contributed by atoms with Gasteiger partial charge in [-0.25, -0.2) is 0 Å². The summed E-state index contributed by atoms with van der Waals surface area (Å²) in [7, 11) is 0. The Morgan fingerprint density at radius 1 is 0.452 bits per heavy atom. The van der Waals surface area contributed by atoms with Crippen LogP contribution in [0.2, 0.25) is 0 Å². The third-order valence-electron chi connectivity index (χ3n) is 8.30. The second kappa shape index (κ2) is 9.10. The zero-order chi connectivity index (χ0) is 27.6. The Bertz CT molecular complexity index is 2480. The zero-order valence-electron chi connectivity index (χ0n) is 22.5. The fourth-order valence-corrected chi connectivity index (χ4v) is 7.60. The summed E-state index contributed by atoms with van der Waals surface area (Å²) in [5.74, 6) is 0.847. The predicted octanol–water partition coefficient (Wildman–Crippen LogP) is 10.4. The molecule has 0 amide bonds. The third kappa shape index (κ3) is 3.46. The molecular weight excluding hydrogens is 531 g/mol. The van der Waals surface area contributed by atoms with Crippen LogP contribution in [0.4, 0.5) is 0 Å². The summed E-state index contributed by atoms with van der Waals surface area (Å²) in [4.78, 5) is 0. The molecule has 0 saturated heterocycles. The molecule has 0 radical (unpaired) electrons. The quantitative estimate of drug-likeness (QED) is 0.204.